The molecule has 2 amide bonds. The van der Waals surface area contributed by atoms with E-state index >= 15 is 0 Å². The average Bonchev–Trinajstić information content (AvgIpc) is 3.14. The number of rotatable bonds is 7. The molecule has 3 aromatic rings. The van der Waals surface area contributed by atoms with Crippen LogP contribution in [0.3, 0.4) is 0 Å². The van der Waals surface area contributed by atoms with Crippen molar-refractivity contribution < 1.29 is 14.3 Å². The highest BCUT2D eigenvalue weighted by Crippen LogP contribution is 2.27. The first-order valence-corrected chi connectivity index (χ1v) is 10.7. The van der Waals surface area contributed by atoms with Gasteiger partial charge in [0, 0.05) is 10.7 Å². The molecule has 11 heteroatoms. The minimum Gasteiger partial charge on any atom is -0.497 e. The Morgan fingerprint density at radius 3 is 2.55 bits per heavy atom. The SMILES string of the molecule is COc1ccc(NC(=O)CSc2nnc(NC(=O)c3ccc(Cl)cc3Cl)s2)cc1. The first kappa shape index (κ1) is 21.4. The van der Waals surface area contributed by atoms with Gasteiger partial charge < -0.3 is 10.1 Å². The van der Waals surface area contributed by atoms with Gasteiger partial charge in [-0.05, 0) is 42.5 Å². The number of nitrogens with zero attached hydrogens (tertiary/aromatic N) is 2. The molecule has 3 rings (SSSR count). The van der Waals surface area contributed by atoms with Crippen molar-refractivity contribution in [3.8, 4) is 5.75 Å². The highest BCUT2D eigenvalue weighted by atomic mass is 35.5. The highest BCUT2D eigenvalue weighted by Gasteiger charge is 2.14. The van der Waals surface area contributed by atoms with E-state index < -0.39 is 5.91 Å². The van der Waals surface area contributed by atoms with E-state index in [1.807, 2.05) is 0 Å². The van der Waals surface area contributed by atoms with Crippen molar-refractivity contribution in [1.29, 1.82) is 0 Å². The van der Waals surface area contributed by atoms with Gasteiger partial charge in [-0.25, -0.2) is 0 Å². The third-order valence-corrected chi connectivity index (χ3v) is 6.02. The van der Waals surface area contributed by atoms with Crippen LogP contribution in [0.15, 0.2) is 46.8 Å². The molecule has 1 heterocycles. The van der Waals surface area contributed by atoms with Gasteiger partial charge in [0.2, 0.25) is 11.0 Å². The standard InChI is InChI=1S/C18H14Cl2N4O3S2/c1-27-12-5-3-11(4-6-12)21-15(25)9-28-18-24-23-17(29-18)22-16(26)13-7-2-10(19)8-14(13)20/h2-8H,9H2,1H3,(H,21,25)(H,22,23,26). The zero-order valence-electron chi connectivity index (χ0n) is 14.9. The molecule has 0 aliphatic rings. The van der Waals surface area contributed by atoms with Crippen LogP contribution in [0.4, 0.5) is 10.8 Å². The number of carbonyl (C=O) groups excluding carboxylic acids is 2. The van der Waals surface area contributed by atoms with Crippen LogP contribution in [0.1, 0.15) is 10.4 Å². The second-order valence-corrected chi connectivity index (χ2v) is 8.56. The number of benzene rings is 2. The molecule has 0 bridgehead atoms. The number of methoxy groups -OCH3 is 1. The fourth-order valence-electron chi connectivity index (χ4n) is 2.16. The summed E-state index contributed by atoms with van der Waals surface area (Å²) in [6, 6.07) is 11.6. The number of thioether (sulfide) groups is 1. The van der Waals surface area contributed by atoms with Gasteiger partial charge in [-0.3, -0.25) is 14.9 Å². The van der Waals surface area contributed by atoms with Crippen LogP contribution in [0, 0.1) is 0 Å². The van der Waals surface area contributed by atoms with Gasteiger partial charge in [-0.1, -0.05) is 46.3 Å². The first-order valence-electron chi connectivity index (χ1n) is 8.11. The van der Waals surface area contributed by atoms with Gasteiger partial charge in [0.1, 0.15) is 5.75 Å². The fraction of sp³-hybridized carbons (Fsp3) is 0.111. The lowest BCUT2D eigenvalue weighted by atomic mass is 10.2. The molecule has 29 heavy (non-hydrogen) atoms. The van der Waals surface area contributed by atoms with E-state index in [1.165, 1.54) is 23.9 Å². The van der Waals surface area contributed by atoms with E-state index in [4.69, 9.17) is 27.9 Å². The van der Waals surface area contributed by atoms with E-state index in [9.17, 15) is 9.59 Å². The van der Waals surface area contributed by atoms with E-state index in [1.54, 1.807) is 37.4 Å². The molecular formula is C18H14Cl2N4O3S2. The van der Waals surface area contributed by atoms with E-state index in [2.05, 4.69) is 20.8 Å². The number of hydrogen-bond acceptors (Lipinski definition) is 7. The van der Waals surface area contributed by atoms with E-state index in [0.717, 1.165) is 11.3 Å². The molecule has 0 radical (unpaired) electrons. The van der Waals surface area contributed by atoms with Crippen LogP contribution >= 0.6 is 46.3 Å². The zero-order chi connectivity index (χ0) is 20.8. The minimum atomic E-state index is -0.420. The van der Waals surface area contributed by atoms with Crippen molar-refractivity contribution in [3.05, 3.63) is 58.1 Å². The molecule has 0 unspecified atom stereocenters. The second-order valence-electron chi connectivity index (χ2n) is 5.52. The Kier molecular flexibility index (Phi) is 7.32. The predicted molar refractivity (Wildman–Crippen MR) is 117 cm³/mol. The van der Waals surface area contributed by atoms with E-state index in [0.29, 0.717) is 25.9 Å². The van der Waals surface area contributed by atoms with Crippen molar-refractivity contribution in [2.75, 3.05) is 23.5 Å². The van der Waals surface area contributed by atoms with Crippen LogP contribution in [0.2, 0.25) is 10.0 Å². The molecule has 150 valence electrons. The molecule has 0 atom stereocenters. The van der Waals surface area contributed by atoms with E-state index in [-0.39, 0.29) is 22.2 Å². The summed E-state index contributed by atoms with van der Waals surface area (Å²) in [4.78, 5) is 24.4. The number of nitrogens with one attached hydrogen (secondary N) is 2. The van der Waals surface area contributed by atoms with Gasteiger partial charge in [-0.15, -0.1) is 10.2 Å². The number of hydrogen-bond donors (Lipinski definition) is 2. The summed E-state index contributed by atoms with van der Waals surface area (Å²) in [5.74, 6) is 0.253. The maximum absolute atomic E-state index is 12.3. The van der Waals surface area contributed by atoms with Crippen LogP contribution in [-0.2, 0) is 4.79 Å². The Hall–Kier alpha value is -2.33. The molecule has 7 nitrogen and oxygen atoms in total. The third kappa shape index (κ3) is 6.07. The largest absolute Gasteiger partial charge is 0.497 e. The maximum atomic E-state index is 12.3. The Morgan fingerprint density at radius 1 is 1.10 bits per heavy atom. The highest BCUT2D eigenvalue weighted by molar-refractivity contribution is 8.01. The summed E-state index contributed by atoms with van der Waals surface area (Å²) in [5, 5.41) is 14.3. The third-order valence-electron chi connectivity index (χ3n) is 3.50. The van der Waals surface area contributed by atoms with Crippen molar-refractivity contribution in [1.82, 2.24) is 10.2 Å². The topological polar surface area (TPSA) is 93.2 Å². The summed E-state index contributed by atoms with van der Waals surface area (Å²) in [6.45, 7) is 0. The number of halogens is 2. The van der Waals surface area contributed by atoms with Gasteiger partial charge in [-0.2, -0.15) is 0 Å². The van der Waals surface area contributed by atoms with Gasteiger partial charge in [0.15, 0.2) is 4.34 Å². The first-order chi connectivity index (χ1) is 13.9. The normalized spacial score (nSPS) is 10.4. The number of ether oxygens (including phenoxy) is 1. The van der Waals surface area contributed by atoms with Crippen molar-refractivity contribution in [2.45, 2.75) is 4.34 Å². The fourth-order valence-corrected chi connectivity index (χ4v) is 4.20. The average molecular weight is 469 g/mol. The second kappa shape index (κ2) is 9.93. The summed E-state index contributed by atoms with van der Waals surface area (Å²) < 4.78 is 5.62. The zero-order valence-corrected chi connectivity index (χ0v) is 18.1. The molecule has 0 saturated carbocycles. The number of anilines is 2. The molecule has 0 aliphatic carbocycles. The number of carbonyl (C=O) groups is 2. The quantitative estimate of drug-likeness (QED) is 0.380. The molecular weight excluding hydrogens is 455 g/mol. The lowest BCUT2D eigenvalue weighted by Crippen LogP contribution is -2.13. The molecule has 0 spiro atoms. The molecule has 1 aromatic heterocycles. The molecule has 0 aliphatic heterocycles. The smallest absolute Gasteiger partial charge is 0.259 e. The summed E-state index contributed by atoms with van der Waals surface area (Å²) in [5.41, 5.74) is 0.945. The van der Waals surface area contributed by atoms with Crippen LogP contribution in [0.5, 0.6) is 5.75 Å². The van der Waals surface area contributed by atoms with Gasteiger partial charge in [0.25, 0.3) is 5.91 Å². The number of aromatic nitrogens is 2. The molecule has 2 aromatic carbocycles. The van der Waals surface area contributed by atoms with Gasteiger partial charge >= 0.3 is 0 Å². The van der Waals surface area contributed by atoms with Crippen LogP contribution < -0.4 is 15.4 Å². The Balaban J connectivity index is 1.51. The number of amides is 2. The van der Waals surface area contributed by atoms with Crippen molar-refractivity contribution in [2.24, 2.45) is 0 Å². The lowest BCUT2D eigenvalue weighted by molar-refractivity contribution is -0.113. The van der Waals surface area contributed by atoms with Crippen molar-refractivity contribution in [3.63, 3.8) is 0 Å². The van der Waals surface area contributed by atoms with Crippen LogP contribution in [0.25, 0.3) is 0 Å². The van der Waals surface area contributed by atoms with Crippen molar-refractivity contribution >= 4 is 68.9 Å². The molecule has 0 saturated heterocycles. The molecule has 0 fully saturated rings. The van der Waals surface area contributed by atoms with Crippen LogP contribution in [-0.4, -0.2) is 34.9 Å². The summed E-state index contributed by atoms with van der Waals surface area (Å²) in [6.07, 6.45) is 0. The summed E-state index contributed by atoms with van der Waals surface area (Å²) in [7, 11) is 1.58. The predicted octanol–water partition coefficient (Wildman–Crippen LogP) is 4.84. The Bertz CT molecular complexity index is 1030. The maximum Gasteiger partial charge on any atom is 0.259 e. The van der Waals surface area contributed by atoms with Gasteiger partial charge in [0.05, 0.1) is 23.4 Å². The Morgan fingerprint density at radius 2 is 1.86 bits per heavy atom. The monoisotopic (exact) mass is 468 g/mol. The summed E-state index contributed by atoms with van der Waals surface area (Å²) >= 11 is 14.2. The Labute approximate surface area is 184 Å². The minimum absolute atomic E-state index is 0.150. The molecule has 2 N–H and O–H groups in total. The lowest BCUT2D eigenvalue weighted by Gasteiger charge is -2.05.